The van der Waals surface area contributed by atoms with E-state index in [4.69, 9.17) is 61.6 Å². The summed E-state index contributed by atoms with van der Waals surface area (Å²) in [5.74, 6) is -1.16. The second-order valence-corrected chi connectivity index (χ2v) is 24.3. The first-order valence-electron chi connectivity index (χ1n) is 28.3. The van der Waals surface area contributed by atoms with E-state index in [1.54, 1.807) is 41.9 Å². The Labute approximate surface area is 453 Å². The van der Waals surface area contributed by atoms with E-state index in [0.717, 1.165) is 32.1 Å². The molecule has 0 unspecified atom stereocenters. The first-order valence-corrected chi connectivity index (χ1v) is 28.3. The van der Waals surface area contributed by atoms with E-state index in [1.807, 2.05) is 20.8 Å². The van der Waals surface area contributed by atoms with Gasteiger partial charge in [-0.25, -0.2) is 0 Å². The number of carbonyl (C=O) groups excluding carboxylic acids is 2. The smallest absolute Gasteiger partial charge is 0.309 e. The van der Waals surface area contributed by atoms with Crippen LogP contribution in [0.5, 0.6) is 0 Å². The average molecular weight is 1110 g/mol. The number of fused-ring (bicyclic) bond motifs is 5. The molecule has 4 saturated carbocycles. The van der Waals surface area contributed by atoms with Gasteiger partial charge in [-0.15, -0.1) is 0 Å². The fourth-order valence-electron chi connectivity index (χ4n) is 15.4. The Morgan fingerprint density at radius 2 is 1.25 bits per heavy atom. The minimum absolute atomic E-state index is 0.00134. The number of ether oxygens (including phenoxy) is 13. The maximum absolute atomic E-state index is 13.1. The molecule has 4 aliphatic carbocycles. The zero-order chi connectivity index (χ0) is 56.3. The Bertz CT molecular complexity index is 1980. The monoisotopic (exact) mass is 1100 g/mol. The van der Waals surface area contributed by atoms with Gasteiger partial charge in [-0.2, -0.15) is 0 Å². The highest BCUT2D eigenvalue weighted by molar-refractivity contribution is 5.72. The standard InChI is InChI=1S/C55H92O22/c1-13-25(2)49(62)71-29(6)54(63)18-19-55(64)33-15-14-31-20-32(16-17-52(31,8)34(33)21-38(53(54,55)9)72-30(7)57)73-39-22-35(65-10)45(26(3)68-39)75-40-23-36(66-11)46(27(4)69-40)76-51-44(61)48(67-12)47(28(5)70-51)77-50-43(60)42(59)41(58)37(24-56)74-50/h25-29,31-48,50-51,56,58-61,63-64H,13-24H2,1-12H3/t25-,26+,27+,28+,29-,31-,32-,33+,34-,35-,36+,37+,38+,39-,40-,41+,42-,43+,44+,45+,46+,47+,48+,50-,51-,52-,53+,54+,55-/m0/s1. The molecule has 444 valence electrons. The first kappa shape index (κ1) is 61.3. The maximum Gasteiger partial charge on any atom is 0.309 e. The maximum atomic E-state index is 13.1. The lowest BCUT2D eigenvalue weighted by Gasteiger charge is -2.66. The number of carbonyl (C=O) groups is 2. The molecule has 77 heavy (non-hydrogen) atoms. The molecule has 29 atom stereocenters. The van der Waals surface area contributed by atoms with Crippen LogP contribution in [-0.4, -0.2) is 216 Å². The van der Waals surface area contributed by atoms with E-state index < -0.39 is 158 Å². The number of aliphatic hydroxyl groups is 7. The highest BCUT2D eigenvalue weighted by Crippen LogP contribution is 2.71. The topological polar surface area (TPSA) is 296 Å². The Kier molecular flexibility index (Phi) is 19.3. The van der Waals surface area contributed by atoms with Gasteiger partial charge in [0, 0.05) is 41.1 Å². The lowest BCUT2D eigenvalue weighted by atomic mass is 9.42. The van der Waals surface area contributed by atoms with Crippen molar-refractivity contribution in [1.82, 2.24) is 0 Å². The van der Waals surface area contributed by atoms with Crippen molar-refractivity contribution >= 4 is 11.9 Å². The van der Waals surface area contributed by atoms with Crippen molar-refractivity contribution in [2.45, 2.75) is 273 Å². The molecule has 8 aliphatic rings. The molecule has 4 aliphatic heterocycles. The van der Waals surface area contributed by atoms with Crippen LogP contribution in [0.4, 0.5) is 0 Å². The molecule has 0 spiro atoms. The van der Waals surface area contributed by atoms with Gasteiger partial charge in [-0.3, -0.25) is 9.59 Å². The van der Waals surface area contributed by atoms with E-state index in [9.17, 15) is 45.3 Å². The minimum atomic E-state index is -1.67. The van der Waals surface area contributed by atoms with Crippen LogP contribution >= 0.6 is 0 Å². The molecule has 0 aromatic heterocycles. The Morgan fingerprint density at radius 1 is 0.649 bits per heavy atom. The van der Waals surface area contributed by atoms with Gasteiger partial charge in [-0.1, -0.05) is 27.7 Å². The summed E-state index contributed by atoms with van der Waals surface area (Å²) < 4.78 is 80.2. The lowest BCUT2D eigenvalue weighted by Crippen LogP contribution is -2.72. The number of hydrogen-bond donors (Lipinski definition) is 7. The van der Waals surface area contributed by atoms with Crippen LogP contribution in [-0.2, 0) is 71.2 Å². The quantitative estimate of drug-likeness (QED) is 0.0811. The summed E-state index contributed by atoms with van der Waals surface area (Å²) in [6.07, 6.45) is -13.5. The average Bonchev–Trinajstić information content (AvgIpc) is 3.92. The molecule has 0 amide bonds. The third kappa shape index (κ3) is 11.2. The SMILES string of the molecule is CC[C@H](C)C(=O)O[C@@H](C)[C@]1(O)CC[C@]2(O)[C@@H]3CC[C@H]4C[C@@H](O[C@H]5C[C@H](OC)[C@H](O[C@H]6C[C@@H](OC)[C@H](O[C@@H]7O[C@H](C)[C@@H](O[C@@H]8O[C@H](CO)[C@@H](O)[C@H](O)[C@H]8O)[C@H](OC)[C@H]7O)[C@@H](C)O6)[C@@H](C)O5)CC[C@]4(C)[C@H]3C[C@@H](OC(C)=O)[C@]12C. The number of hydrogen-bond acceptors (Lipinski definition) is 22. The molecule has 22 nitrogen and oxygen atoms in total. The molecule has 0 aromatic rings. The van der Waals surface area contributed by atoms with Crippen molar-refractivity contribution in [2.75, 3.05) is 27.9 Å². The number of methoxy groups -OCH3 is 3. The zero-order valence-corrected chi connectivity index (χ0v) is 47.2. The summed E-state index contributed by atoms with van der Waals surface area (Å²) >= 11 is 0. The van der Waals surface area contributed by atoms with Crippen LogP contribution in [0.1, 0.15) is 133 Å². The van der Waals surface area contributed by atoms with Gasteiger partial charge in [0.1, 0.15) is 72.7 Å². The van der Waals surface area contributed by atoms with Crippen LogP contribution in [0, 0.1) is 34.5 Å². The van der Waals surface area contributed by atoms with Gasteiger partial charge in [0.2, 0.25) is 0 Å². The fourth-order valence-corrected chi connectivity index (χ4v) is 15.4. The Balaban J connectivity index is 0.859. The molecule has 22 heteroatoms. The van der Waals surface area contributed by atoms with Gasteiger partial charge in [0.25, 0.3) is 0 Å². The summed E-state index contributed by atoms with van der Waals surface area (Å²) in [6, 6.07) is 0. The van der Waals surface area contributed by atoms with Crippen LogP contribution < -0.4 is 0 Å². The van der Waals surface area contributed by atoms with E-state index in [1.165, 1.54) is 14.0 Å². The van der Waals surface area contributed by atoms with Crippen LogP contribution in [0.3, 0.4) is 0 Å². The van der Waals surface area contributed by atoms with Gasteiger partial charge in [-0.05, 0) is 109 Å². The van der Waals surface area contributed by atoms with Gasteiger partial charge in [0.05, 0.1) is 60.2 Å². The summed E-state index contributed by atoms with van der Waals surface area (Å²) in [5.41, 5.74) is -4.51. The second kappa shape index (κ2) is 24.2. The summed E-state index contributed by atoms with van der Waals surface area (Å²) in [5, 5.41) is 78.1. The van der Waals surface area contributed by atoms with Crippen molar-refractivity contribution in [3.05, 3.63) is 0 Å². The molecule has 0 aromatic carbocycles. The van der Waals surface area contributed by atoms with Crippen LogP contribution in [0.15, 0.2) is 0 Å². The van der Waals surface area contributed by atoms with Crippen LogP contribution in [0.2, 0.25) is 0 Å². The third-order valence-electron chi connectivity index (χ3n) is 20.3. The summed E-state index contributed by atoms with van der Waals surface area (Å²) in [4.78, 5) is 25.9. The lowest BCUT2D eigenvalue weighted by molar-refractivity contribution is -0.373. The van der Waals surface area contributed by atoms with E-state index in [2.05, 4.69) is 6.92 Å². The third-order valence-corrected chi connectivity index (χ3v) is 20.3. The van der Waals surface area contributed by atoms with Gasteiger partial charge < -0.3 is 97.3 Å². The largest absolute Gasteiger partial charge is 0.462 e. The van der Waals surface area contributed by atoms with Crippen molar-refractivity contribution in [3.8, 4) is 0 Å². The second-order valence-electron chi connectivity index (χ2n) is 24.3. The normalized spacial score (nSPS) is 50.9. The predicted molar refractivity (Wildman–Crippen MR) is 268 cm³/mol. The molecular weight excluding hydrogens is 1010 g/mol. The van der Waals surface area contributed by atoms with E-state index in [0.29, 0.717) is 25.7 Å². The molecule has 0 bridgehead atoms. The molecule has 8 rings (SSSR count). The van der Waals surface area contributed by atoms with Crippen molar-refractivity contribution in [1.29, 1.82) is 0 Å². The van der Waals surface area contributed by atoms with Crippen molar-refractivity contribution in [3.63, 3.8) is 0 Å². The first-order chi connectivity index (χ1) is 36.3. The van der Waals surface area contributed by atoms with Crippen LogP contribution in [0.25, 0.3) is 0 Å². The number of rotatable bonds is 17. The van der Waals surface area contributed by atoms with Crippen molar-refractivity contribution in [2.24, 2.45) is 34.5 Å². The molecule has 7 N–H and O–H groups in total. The van der Waals surface area contributed by atoms with E-state index >= 15 is 0 Å². The number of aliphatic hydroxyl groups excluding tert-OH is 5. The summed E-state index contributed by atoms with van der Waals surface area (Å²) in [7, 11) is 4.55. The Hall–Kier alpha value is -1.78. The van der Waals surface area contributed by atoms with Gasteiger partial charge >= 0.3 is 11.9 Å². The zero-order valence-electron chi connectivity index (χ0n) is 47.2. The number of esters is 2. The molecule has 8 fully saturated rings. The molecular formula is C55H92O22. The summed E-state index contributed by atoms with van der Waals surface area (Å²) in [6.45, 7) is 15.6. The molecule has 4 saturated heterocycles. The fraction of sp³-hybridized carbons (Fsp3) is 0.964. The van der Waals surface area contributed by atoms with Gasteiger partial charge in [0.15, 0.2) is 25.2 Å². The van der Waals surface area contributed by atoms with Crippen molar-refractivity contribution < 1.29 is 107 Å². The molecule has 0 radical (unpaired) electrons. The Morgan fingerprint density at radius 3 is 1.84 bits per heavy atom. The van der Waals surface area contributed by atoms with E-state index in [-0.39, 0.29) is 48.0 Å². The highest BCUT2D eigenvalue weighted by atomic mass is 16.8. The minimum Gasteiger partial charge on any atom is -0.462 e. The molecule has 4 heterocycles. The highest BCUT2D eigenvalue weighted by Gasteiger charge is 2.77. The predicted octanol–water partition coefficient (Wildman–Crippen LogP) is 2.16.